The first-order valence-corrected chi connectivity index (χ1v) is 6.44. The molecule has 0 spiro atoms. The third-order valence-electron chi connectivity index (χ3n) is 3.08. The van der Waals surface area contributed by atoms with Crippen LogP contribution in [0.1, 0.15) is 27.2 Å². The SMILES string of the molecule is CC(C)(C)CNC1CCN(c2ccccn2)C1. The molecule has 0 radical (unpaired) electrons. The first kappa shape index (κ1) is 12.4. The van der Waals surface area contributed by atoms with Crippen LogP contribution in [0.3, 0.4) is 0 Å². The maximum Gasteiger partial charge on any atom is 0.128 e. The Balaban J connectivity index is 1.84. The molecule has 94 valence electrons. The number of hydrogen-bond acceptors (Lipinski definition) is 3. The Morgan fingerprint density at radius 3 is 2.88 bits per heavy atom. The molecule has 3 nitrogen and oxygen atoms in total. The van der Waals surface area contributed by atoms with E-state index in [1.54, 1.807) is 0 Å². The van der Waals surface area contributed by atoms with Gasteiger partial charge in [0.2, 0.25) is 0 Å². The third-order valence-corrected chi connectivity index (χ3v) is 3.08. The van der Waals surface area contributed by atoms with Crippen LogP contribution < -0.4 is 10.2 Å². The first-order chi connectivity index (χ1) is 8.04. The molecule has 3 heteroatoms. The predicted octanol–water partition coefficient (Wildman–Crippen LogP) is 2.30. The lowest BCUT2D eigenvalue weighted by atomic mass is 9.96. The van der Waals surface area contributed by atoms with Gasteiger partial charge in [-0.2, -0.15) is 0 Å². The van der Waals surface area contributed by atoms with Crippen LogP contribution in [0.15, 0.2) is 24.4 Å². The van der Waals surface area contributed by atoms with Crippen molar-refractivity contribution < 1.29 is 0 Å². The van der Waals surface area contributed by atoms with Crippen molar-refractivity contribution in [1.82, 2.24) is 10.3 Å². The summed E-state index contributed by atoms with van der Waals surface area (Å²) >= 11 is 0. The molecule has 1 N–H and O–H groups in total. The van der Waals surface area contributed by atoms with Gasteiger partial charge in [0.05, 0.1) is 0 Å². The van der Waals surface area contributed by atoms with Gasteiger partial charge in [0.1, 0.15) is 5.82 Å². The Bertz CT molecular complexity index is 342. The normalized spacial score (nSPS) is 20.9. The fourth-order valence-electron chi connectivity index (χ4n) is 2.13. The average Bonchev–Trinajstić information content (AvgIpc) is 2.75. The minimum absolute atomic E-state index is 0.360. The molecule has 1 saturated heterocycles. The monoisotopic (exact) mass is 233 g/mol. The number of anilines is 1. The lowest BCUT2D eigenvalue weighted by Gasteiger charge is -2.23. The fourth-order valence-corrected chi connectivity index (χ4v) is 2.13. The molecule has 1 fully saturated rings. The average molecular weight is 233 g/mol. The van der Waals surface area contributed by atoms with Crippen molar-refractivity contribution in [2.24, 2.45) is 5.41 Å². The maximum atomic E-state index is 4.40. The molecule has 0 aliphatic carbocycles. The van der Waals surface area contributed by atoms with E-state index in [4.69, 9.17) is 0 Å². The molecule has 0 saturated carbocycles. The van der Waals surface area contributed by atoms with E-state index in [0.717, 1.165) is 25.5 Å². The number of nitrogens with one attached hydrogen (secondary N) is 1. The van der Waals surface area contributed by atoms with Crippen molar-refractivity contribution in [3.05, 3.63) is 24.4 Å². The van der Waals surface area contributed by atoms with Gasteiger partial charge in [0.25, 0.3) is 0 Å². The van der Waals surface area contributed by atoms with Crippen LogP contribution in [0.4, 0.5) is 5.82 Å². The van der Waals surface area contributed by atoms with E-state index in [-0.39, 0.29) is 0 Å². The van der Waals surface area contributed by atoms with Crippen molar-refractivity contribution >= 4 is 5.82 Å². The summed E-state index contributed by atoms with van der Waals surface area (Å²) in [6, 6.07) is 6.72. The Hall–Kier alpha value is -1.09. The standard InChI is InChI=1S/C14H23N3/c1-14(2,3)11-16-12-7-9-17(10-12)13-6-4-5-8-15-13/h4-6,8,12,16H,7,9-11H2,1-3H3. The molecule has 1 unspecified atom stereocenters. The summed E-state index contributed by atoms with van der Waals surface area (Å²) in [4.78, 5) is 6.76. The summed E-state index contributed by atoms with van der Waals surface area (Å²) < 4.78 is 0. The van der Waals surface area contributed by atoms with Gasteiger partial charge in [-0.05, 0) is 24.0 Å². The van der Waals surface area contributed by atoms with Crippen LogP contribution in [0.25, 0.3) is 0 Å². The van der Waals surface area contributed by atoms with Gasteiger partial charge >= 0.3 is 0 Å². The Morgan fingerprint density at radius 2 is 2.24 bits per heavy atom. The van der Waals surface area contributed by atoms with Crippen LogP contribution in [0.2, 0.25) is 0 Å². The second-order valence-electron chi connectivity index (χ2n) is 6.06. The van der Waals surface area contributed by atoms with Gasteiger partial charge in [0.15, 0.2) is 0 Å². The number of rotatable bonds is 3. The highest BCUT2D eigenvalue weighted by atomic mass is 15.2. The van der Waals surface area contributed by atoms with Gasteiger partial charge < -0.3 is 10.2 Å². The highest BCUT2D eigenvalue weighted by Crippen LogP contribution is 2.18. The molecule has 1 aromatic heterocycles. The molecule has 1 aromatic rings. The summed E-state index contributed by atoms with van der Waals surface area (Å²) in [5, 5.41) is 3.65. The number of nitrogens with zero attached hydrogens (tertiary/aromatic N) is 2. The molecule has 17 heavy (non-hydrogen) atoms. The predicted molar refractivity (Wildman–Crippen MR) is 72.3 cm³/mol. The quantitative estimate of drug-likeness (QED) is 0.868. The second kappa shape index (κ2) is 5.05. The number of aromatic nitrogens is 1. The Labute approximate surface area is 104 Å². The fraction of sp³-hybridized carbons (Fsp3) is 0.643. The van der Waals surface area contributed by atoms with E-state index in [2.05, 4.69) is 48.1 Å². The van der Waals surface area contributed by atoms with E-state index in [9.17, 15) is 0 Å². The van der Waals surface area contributed by atoms with Crippen molar-refractivity contribution in [2.75, 3.05) is 24.5 Å². The molecule has 2 rings (SSSR count). The zero-order valence-corrected chi connectivity index (χ0v) is 11.1. The van der Waals surface area contributed by atoms with E-state index < -0.39 is 0 Å². The topological polar surface area (TPSA) is 28.2 Å². The molecule has 0 amide bonds. The summed E-state index contributed by atoms with van der Waals surface area (Å²) in [5.74, 6) is 1.10. The summed E-state index contributed by atoms with van der Waals surface area (Å²) in [7, 11) is 0. The van der Waals surface area contributed by atoms with Crippen LogP contribution in [0, 0.1) is 5.41 Å². The molecule has 1 atom stereocenters. The lowest BCUT2D eigenvalue weighted by molar-refractivity contribution is 0.357. The molecule has 1 aliphatic heterocycles. The molecule has 1 aliphatic rings. The van der Waals surface area contributed by atoms with Crippen molar-refractivity contribution in [1.29, 1.82) is 0 Å². The zero-order valence-electron chi connectivity index (χ0n) is 11.1. The summed E-state index contributed by atoms with van der Waals surface area (Å²) in [5.41, 5.74) is 0.360. The Kier molecular flexibility index (Phi) is 3.67. The molecular weight excluding hydrogens is 210 g/mol. The van der Waals surface area contributed by atoms with Gasteiger partial charge in [0, 0.05) is 31.9 Å². The van der Waals surface area contributed by atoms with Crippen LogP contribution in [-0.4, -0.2) is 30.7 Å². The zero-order chi connectivity index (χ0) is 12.3. The minimum Gasteiger partial charge on any atom is -0.355 e. The second-order valence-corrected chi connectivity index (χ2v) is 6.06. The highest BCUT2D eigenvalue weighted by Gasteiger charge is 2.24. The first-order valence-electron chi connectivity index (χ1n) is 6.44. The van der Waals surface area contributed by atoms with Crippen molar-refractivity contribution in [3.63, 3.8) is 0 Å². The van der Waals surface area contributed by atoms with Gasteiger partial charge in [-0.3, -0.25) is 0 Å². The lowest BCUT2D eigenvalue weighted by Crippen LogP contribution is -2.37. The molecule has 0 bridgehead atoms. The molecular formula is C14H23N3. The Morgan fingerprint density at radius 1 is 1.41 bits per heavy atom. The molecule has 0 aromatic carbocycles. The van der Waals surface area contributed by atoms with Crippen LogP contribution in [-0.2, 0) is 0 Å². The summed E-state index contributed by atoms with van der Waals surface area (Å²) in [6.45, 7) is 10.1. The van der Waals surface area contributed by atoms with Crippen LogP contribution >= 0.6 is 0 Å². The highest BCUT2D eigenvalue weighted by molar-refractivity contribution is 5.39. The smallest absolute Gasteiger partial charge is 0.128 e. The summed E-state index contributed by atoms with van der Waals surface area (Å²) in [6.07, 6.45) is 3.08. The van der Waals surface area contributed by atoms with E-state index in [1.807, 2.05) is 12.3 Å². The van der Waals surface area contributed by atoms with Gasteiger partial charge in [-0.1, -0.05) is 26.8 Å². The van der Waals surface area contributed by atoms with E-state index >= 15 is 0 Å². The minimum atomic E-state index is 0.360. The van der Waals surface area contributed by atoms with Crippen LogP contribution in [0.5, 0.6) is 0 Å². The van der Waals surface area contributed by atoms with E-state index in [1.165, 1.54) is 6.42 Å². The van der Waals surface area contributed by atoms with Crippen molar-refractivity contribution in [2.45, 2.75) is 33.2 Å². The number of hydrogen-bond donors (Lipinski definition) is 1. The number of pyridine rings is 1. The van der Waals surface area contributed by atoms with Gasteiger partial charge in [-0.15, -0.1) is 0 Å². The maximum absolute atomic E-state index is 4.40. The molecule has 2 heterocycles. The third kappa shape index (κ3) is 3.70. The largest absolute Gasteiger partial charge is 0.355 e. The van der Waals surface area contributed by atoms with Crippen molar-refractivity contribution in [3.8, 4) is 0 Å². The van der Waals surface area contributed by atoms with E-state index in [0.29, 0.717) is 11.5 Å². The van der Waals surface area contributed by atoms with Gasteiger partial charge in [-0.25, -0.2) is 4.98 Å².